The Hall–Kier alpha value is -0.740. The molecule has 16 heavy (non-hydrogen) atoms. The van der Waals surface area contributed by atoms with Gasteiger partial charge in [-0.05, 0) is 18.3 Å². The highest BCUT2D eigenvalue weighted by molar-refractivity contribution is 5.77. The number of rotatable bonds is 3. The summed E-state index contributed by atoms with van der Waals surface area (Å²) in [6.07, 6.45) is -4.06. The van der Waals surface area contributed by atoms with Crippen molar-refractivity contribution in [1.82, 2.24) is 5.32 Å². The molecule has 94 valence electrons. The summed E-state index contributed by atoms with van der Waals surface area (Å²) in [7, 11) is 0. The Bertz CT molecular complexity index is 274. The predicted octanol–water partition coefficient (Wildman–Crippen LogP) is 3.02. The van der Waals surface area contributed by atoms with E-state index < -0.39 is 24.9 Å². The van der Waals surface area contributed by atoms with Crippen molar-refractivity contribution in [1.29, 1.82) is 0 Å². The van der Waals surface area contributed by atoms with Gasteiger partial charge in [0.2, 0.25) is 5.91 Å². The van der Waals surface area contributed by atoms with Crippen LogP contribution < -0.4 is 5.32 Å². The van der Waals surface area contributed by atoms with Crippen LogP contribution in [0.5, 0.6) is 0 Å². The molecule has 0 aliphatic heterocycles. The van der Waals surface area contributed by atoms with Gasteiger partial charge >= 0.3 is 6.18 Å². The smallest absolute Gasteiger partial charge is 0.350 e. The van der Waals surface area contributed by atoms with E-state index in [1.54, 1.807) is 0 Å². The summed E-state index contributed by atoms with van der Waals surface area (Å²) >= 11 is 0. The summed E-state index contributed by atoms with van der Waals surface area (Å²) in [6, 6.07) is 0. The zero-order valence-electron chi connectivity index (χ0n) is 9.87. The van der Waals surface area contributed by atoms with Gasteiger partial charge in [0.05, 0.1) is 6.42 Å². The Morgan fingerprint density at radius 3 is 2.06 bits per heavy atom. The Morgan fingerprint density at radius 2 is 1.75 bits per heavy atom. The van der Waals surface area contributed by atoms with E-state index in [-0.39, 0.29) is 11.0 Å². The molecule has 0 bridgehead atoms. The fraction of sp³-hybridized carbons (Fsp3) is 0.909. The van der Waals surface area contributed by atoms with Crippen LogP contribution in [0.1, 0.15) is 46.5 Å². The van der Waals surface area contributed by atoms with E-state index in [9.17, 15) is 18.0 Å². The number of hydrogen-bond acceptors (Lipinski definition) is 1. The third-order valence-electron chi connectivity index (χ3n) is 3.20. The van der Waals surface area contributed by atoms with E-state index in [2.05, 4.69) is 5.32 Å². The Kier molecular flexibility index (Phi) is 3.27. The molecule has 2 nitrogen and oxygen atoms in total. The molecule has 1 N–H and O–H groups in total. The first-order valence-corrected chi connectivity index (χ1v) is 5.44. The summed E-state index contributed by atoms with van der Waals surface area (Å²) in [5.41, 5.74) is -0.378. The maximum atomic E-state index is 11.9. The van der Waals surface area contributed by atoms with Crippen molar-refractivity contribution in [2.24, 2.45) is 5.41 Å². The largest absolute Gasteiger partial charge is 0.389 e. The Morgan fingerprint density at radius 1 is 1.25 bits per heavy atom. The summed E-state index contributed by atoms with van der Waals surface area (Å²) in [4.78, 5) is 11.4. The van der Waals surface area contributed by atoms with E-state index in [0.29, 0.717) is 0 Å². The summed E-state index contributed by atoms with van der Waals surface area (Å²) < 4.78 is 35.8. The van der Waals surface area contributed by atoms with E-state index in [4.69, 9.17) is 0 Å². The number of carbonyl (C=O) groups is 1. The lowest BCUT2D eigenvalue weighted by Gasteiger charge is -2.31. The lowest BCUT2D eigenvalue weighted by Crippen LogP contribution is -2.46. The van der Waals surface area contributed by atoms with Gasteiger partial charge in [0.25, 0.3) is 0 Å². The van der Waals surface area contributed by atoms with Crippen molar-refractivity contribution in [3.05, 3.63) is 0 Å². The topological polar surface area (TPSA) is 29.1 Å². The second-order valence-corrected chi connectivity index (χ2v) is 5.50. The lowest BCUT2D eigenvalue weighted by atomic mass is 9.84. The van der Waals surface area contributed by atoms with Crippen molar-refractivity contribution in [3.63, 3.8) is 0 Å². The molecule has 5 heteroatoms. The minimum Gasteiger partial charge on any atom is -0.350 e. The van der Waals surface area contributed by atoms with E-state index in [1.807, 2.05) is 20.8 Å². The maximum absolute atomic E-state index is 11.9. The zero-order chi connectivity index (χ0) is 12.6. The summed E-state index contributed by atoms with van der Waals surface area (Å²) in [6.45, 7) is 5.97. The van der Waals surface area contributed by atoms with Crippen LogP contribution in [-0.2, 0) is 4.79 Å². The molecule has 0 spiro atoms. The molecule has 0 heterocycles. The molecule has 0 aromatic carbocycles. The summed E-state index contributed by atoms with van der Waals surface area (Å²) in [5.74, 6) is -0.496. The molecule has 0 saturated heterocycles. The van der Waals surface area contributed by atoms with Gasteiger partial charge in [0.15, 0.2) is 0 Å². The van der Waals surface area contributed by atoms with Gasteiger partial charge in [-0.2, -0.15) is 13.2 Å². The Labute approximate surface area is 93.6 Å². The van der Waals surface area contributed by atoms with Gasteiger partial charge in [-0.3, -0.25) is 4.79 Å². The molecule has 0 atom stereocenters. The molecular formula is C11H18F3NO. The number of halogens is 3. The second kappa shape index (κ2) is 3.93. The number of amides is 1. The Balaban J connectivity index is 2.42. The van der Waals surface area contributed by atoms with Crippen molar-refractivity contribution in [2.75, 3.05) is 0 Å². The van der Waals surface area contributed by atoms with Gasteiger partial charge in [-0.15, -0.1) is 0 Å². The van der Waals surface area contributed by atoms with Crippen LogP contribution in [0.25, 0.3) is 0 Å². The summed E-state index contributed by atoms with van der Waals surface area (Å²) in [5, 5.41) is 2.74. The minimum atomic E-state index is -4.25. The first-order valence-electron chi connectivity index (χ1n) is 5.44. The predicted molar refractivity (Wildman–Crippen MR) is 54.9 cm³/mol. The van der Waals surface area contributed by atoms with Gasteiger partial charge in [0.1, 0.15) is 0 Å². The van der Waals surface area contributed by atoms with Crippen LogP contribution in [0.15, 0.2) is 0 Å². The van der Waals surface area contributed by atoms with E-state index in [0.717, 1.165) is 12.8 Å². The first kappa shape index (κ1) is 13.3. The molecule has 1 aliphatic carbocycles. The second-order valence-electron chi connectivity index (χ2n) is 5.50. The third-order valence-corrected chi connectivity index (χ3v) is 3.20. The number of alkyl halides is 3. The molecule has 1 amide bonds. The van der Waals surface area contributed by atoms with Crippen molar-refractivity contribution in [3.8, 4) is 0 Å². The molecule has 0 aromatic rings. The van der Waals surface area contributed by atoms with E-state index in [1.165, 1.54) is 0 Å². The van der Waals surface area contributed by atoms with Crippen molar-refractivity contribution >= 4 is 5.91 Å². The van der Waals surface area contributed by atoms with Crippen LogP contribution in [0.2, 0.25) is 0 Å². The molecule has 0 aromatic heterocycles. The minimum absolute atomic E-state index is 0.0963. The molecule has 1 aliphatic rings. The van der Waals surface area contributed by atoms with Crippen molar-refractivity contribution < 1.29 is 18.0 Å². The maximum Gasteiger partial charge on any atom is 0.389 e. The number of hydrogen-bond donors (Lipinski definition) is 1. The fourth-order valence-electron chi connectivity index (χ4n) is 1.77. The number of nitrogens with one attached hydrogen (secondary N) is 1. The van der Waals surface area contributed by atoms with Gasteiger partial charge in [-0.25, -0.2) is 0 Å². The van der Waals surface area contributed by atoms with Crippen LogP contribution >= 0.6 is 0 Å². The molecule has 1 fully saturated rings. The van der Waals surface area contributed by atoms with Gasteiger partial charge in [0, 0.05) is 12.0 Å². The molecule has 0 radical (unpaired) electrons. The van der Waals surface area contributed by atoms with Gasteiger partial charge in [-0.1, -0.05) is 20.8 Å². The van der Waals surface area contributed by atoms with E-state index >= 15 is 0 Å². The molecule has 0 unspecified atom stereocenters. The average molecular weight is 237 g/mol. The normalized spacial score (nSPS) is 19.4. The first-order chi connectivity index (χ1) is 7.06. The quantitative estimate of drug-likeness (QED) is 0.803. The SMILES string of the molecule is CC(C)(C)C1(NC(=O)CCC(F)(F)F)CC1. The highest BCUT2D eigenvalue weighted by Gasteiger charge is 2.52. The standard InChI is InChI=1S/C11H18F3NO/c1-9(2,3)10(6-7-10)15-8(16)4-5-11(12,13)14/h4-7H2,1-3H3,(H,15,16). The van der Waals surface area contributed by atoms with Crippen molar-refractivity contribution in [2.45, 2.75) is 58.2 Å². The zero-order valence-corrected chi connectivity index (χ0v) is 9.87. The van der Waals surface area contributed by atoms with Crippen LogP contribution in [0, 0.1) is 5.41 Å². The molecule has 1 rings (SSSR count). The van der Waals surface area contributed by atoms with Crippen LogP contribution in [0.4, 0.5) is 13.2 Å². The highest BCUT2D eigenvalue weighted by Crippen LogP contribution is 2.49. The third kappa shape index (κ3) is 3.39. The fourth-order valence-corrected chi connectivity index (χ4v) is 1.77. The number of carbonyl (C=O) groups excluding carboxylic acids is 1. The molecule has 1 saturated carbocycles. The van der Waals surface area contributed by atoms with Crippen LogP contribution in [0.3, 0.4) is 0 Å². The monoisotopic (exact) mass is 237 g/mol. The average Bonchev–Trinajstić information content (AvgIpc) is 2.79. The van der Waals surface area contributed by atoms with Crippen LogP contribution in [-0.4, -0.2) is 17.6 Å². The highest BCUT2D eigenvalue weighted by atomic mass is 19.4. The van der Waals surface area contributed by atoms with Gasteiger partial charge < -0.3 is 5.32 Å². The molecular weight excluding hydrogens is 219 g/mol. The lowest BCUT2D eigenvalue weighted by molar-refractivity contribution is -0.144.